The summed E-state index contributed by atoms with van der Waals surface area (Å²) in [6, 6.07) is 10.5. The van der Waals surface area contributed by atoms with Crippen LogP contribution < -0.4 is 5.32 Å². The van der Waals surface area contributed by atoms with Gasteiger partial charge < -0.3 is 14.6 Å². The summed E-state index contributed by atoms with van der Waals surface area (Å²) < 4.78 is 5.54. The highest BCUT2D eigenvalue weighted by Crippen LogP contribution is 2.12. The standard InChI is InChI=1S/C20H26N2O3S/c1-14-6-5-7-16(12-14)19(23)21-18(10-11-26-4)20(24)22(3)13-17-9-8-15(2)25-17/h5-9,12,18H,10-11,13H2,1-4H3,(H,21,23). The summed E-state index contributed by atoms with van der Waals surface area (Å²) >= 11 is 1.65. The first kappa shape index (κ1) is 20.1. The number of carbonyl (C=O) groups is 2. The van der Waals surface area contributed by atoms with E-state index in [1.807, 2.05) is 50.4 Å². The fourth-order valence-corrected chi connectivity index (χ4v) is 3.14. The molecule has 0 saturated heterocycles. The Kier molecular flexibility index (Phi) is 7.33. The lowest BCUT2D eigenvalue weighted by Gasteiger charge is -2.24. The smallest absolute Gasteiger partial charge is 0.251 e. The van der Waals surface area contributed by atoms with Gasteiger partial charge in [-0.05, 0) is 56.5 Å². The fraction of sp³-hybridized carbons (Fsp3) is 0.400. The van der Waals surface area contributed by atoms with Crippen molar-refractivity contribution < 1.29 is 14.0 Å². The van der Waals surface area contributed by atoms with E-state index < -0.39 is 6.04 Å². The molecule has 2 rings (SSSR count). The maximum atomic E-state index is 12.9. The maximum absolute atomic E-state index is 12.9. The van der Waals surface area contributed by atoms with Crippen LogP contribution in [0, 0.1) is 13.8 Å². The lowest BCUT2D eigenvalue weighted by Crippen LogP contribution is -2.47. The van der Waals surface area contributed by atoms with E-state index in [1.165, 1.54) is 0 Å². The number of nitrogens with one attached hydrogen (secondary N) is 1. The van der Waals surface area contributed by atoms with E-state index >= 15 is 0 Å². The van der Waals surface area contributed by atoms with Crippen molar-refractivity contribution in [1.82, 2.24) is 10.2 Å². The summed E-state index contributed by atoms with van der Waals surface area (Å²) in [7, 11) is 1.73. The molecule has 0 aliphatic heterocycles. The van der Waals surface area contributed by atoms with Gasteiger partial charge in [-0.1, -0.05) is 17.7 Å². The molecule has 1 heterocycles. The first-order valence-corrected chi connectivity index (χ1v) is 9.97. The second kappa shape index (κ2) is 9.48. The monoisotopic (exact) mass is 374 g/mol. The molecule has 1 atom stereocenters. The largest absolute Gasteiger partial charge is 0.464 e. The first-order valence-electron chi connectivity index (χ1n) is 8.57. The van der Waals surface area contributed by atoms with Gasteiger partial charge in [0, 0.05) is 12.6 Å². The van der Waals surface area contributed by atoms with E-state index in [1.54, 1.807) is 29.8 Å². The number of amides is 2. The summed E-state index contributed by atoms with van der Waals surface area (Å²) in [5, 5.41) is 2.89. The van der Waals surface area contributed by atoms with Crippen LogP contribution in [-0.2, 0) is 11.3 Å². The number of rotatable bonds is 8. The Hall–Kier alpha value is -2.21. The number of likely N-dealkylation sites (N-methyl/N-ethyl adjacent to an activating group) is 1. The van der Waals surface area contributed by atoms with Crippen molar-refractivity contribution in [3.8, 4) is 0 Å². The van der Waals surface area contributed by atoms with Gasteiger partial charge in [0.25, 0.3) is 5.91 Å². The lowest BCUT2D eigenvalue weighted by atomic mass is 10.1. The Balaban J connectivity index is 2.06. The van der Waals surface area contributed by atoms with E-state index in [-0.39, 0.29) is 11.8 Å². The maximum Gasteiger partial charge on any atom is 0.251 e. The number of hydrogen-bond donors (Lipinski definition) is 1. The van der Waals surface area contributed by atoms with Crippen LogP contribution in [0.1, 0.15) is 33.9 Å². The third-order valence-corrected chi connectivity index (χ3v) is 4.70. The predicted molar refractivity (Wildman–Crippen MR) is 105 cm³/mol. The molecule has 1 aromatic heterocycles. The van der Waals surface area contributed by atoms with Crippen LogP contribution in [0.25, 0.3) is 0 Å². The molecule has 1 unspecified atom stereocenters. The van der Waals surface area contributed by atoms with E-state index in [2.05, 4.69) is 5.32 Å². The normalized spacial score (nSPS) is 11.8. The van der Waals surface area contributed by atoms with Gasteiger partial charge in [-0.3, -0.25) is 9.59 Å². The molecule has 1 N–H and O–H groups in total. The molecule has 2 aromatic rings. The zero-order valence-electron chi connectivity index (χ0n) is 15.7. The molecule has 0 saturated carbocycles. The van der Waals surface area contributed by atoms with Crippen molar-refractivity contribution in [2.24, 2.45) is 0 Å². The Bertz CT molecular complexity index is 757. The van der Waals surface area contributed by atoms with Gasteiger partial charge in [-0.2, -0.15) is 11.8 Å². The lowest BCUT2D eigenvalue weighted by molar-refractivity contribution is -0.132. The van der Waals surface area contributed by atoms with Gasteiger partial charge in [-0.25, -0.2) is 0 Å². The average Bonchev–Trinajstić information content (AvgIpc) is 3.02. The summed E-state index contributed by atoms with van der Waals surface area (Å²) in [4.78, 5) is 27.0. The summed E-state index contributed by atoms with van der Waals surface area (Å²) in [6.45, 7) is 4.18. The minimum absolute atomic E-state index is 0.117. The molecule has 0 aliphatic rings. The zero-order valence-corrected chi connectivity index (χ0v) is 16.6. The zero-order chi connectivity index (χ0) is 19.1. The molecule has 6 heteroatoms. The Labute approximate surface area is 159 Å². The van der Waals surface area contributed by atoms with Crippen molar-refractivity contribution in [3.63, 3.8) is 0 Å². The van der Waals surface area contributed by atoms with Gasteiger partial charge in [0.2, 0.25) is 5.91 Å². The number of furan rings is 1. The topological polar surface area (TPSA) is 62.6 Å². The van der Waals surface area contributed by atoms with Gasteiger partial charge >= 0.3 is 0 Å². The van der Waals surface area contributed by atoms with Gasteiger partial charge in [0.1, 0.15) is 17.6 Å². The average molecular weight is 375 g/mol. The van der Waals surface area contributed by atoms with E-state index in [4.69, 9.17) is 4.42 Å². The van der Waals surface area contributed by atoms with Crippen LogP contribution in [0.3, 0.4) is 0 Å². The highest BCUT2D eigenvalue weighted by Gasteiger charge is 2.24. The third-order valence-electron chi connectivity index (χ3n) is 4.06. The second-order valence-corrected chi connectivity index (χ2v) is 7.37. The minimum Gasteiger partial charge on any atom is -0.464 e. The third kappa shape index (κ3) is 5.66. The molecular weight excluding hydrogens is 348 g/mol. The Morgan fingerprint density at radius 3 is 2.62 bits per heavy atom. The summed E-state index contributed by atoms with van der Waals surface area (Å²) in [5.74, 6) is 1.99. The molecule has 0 aliphatic carbocycles. The van der Waals surface area contributed by atoms with E-state index in [0.717, 1.165) is 22.8 Å². The van der Waals surface area contributed by atoms with Crippen molar-refractivity contribution >= 4 is 23.6 Å². The fourth-order valence-electron chi connectivity index (χ4n) is 2.67. The molecule has 5 nitrogen and oxygen atoms in total. The molecule has 26 heavy (non-hydrogen) atoms. The number of benzene rings is 1. The van der Waals surface area contributed by atoms with Crippen LogP contribution in [0.4, 0.5) is 0 Å². The highest BCUT2D eigenvalue weighted by molar-refractivity contribution is 7.98. The van der Waals surface area contributed by atoms with Crippen LogP contribution in [0.15, 0.2) is 40.8 Å². The molecule has 0 radical (unpaired) electrons. The van der Waals surface area contributed by atoms with Crippen LogP contribution in [0.2, 0.25) is 0 Å². The number of aryl methyl sites for hydroxylation is 2. The Morgan fingerprint density at radius 1 is 1.23 bits per heavy atom. The van der Waals surface area contributed by atoms with E-state index in [0.29, 0.717) is 18.5 Å². The highest BCUT2D eigenvalue weighted by atomic mass is 32.2. The number of nitrogens with zero attached hydrogens (tertiary/aromatic N) is 1. The van der Waals surface area contributed by atoms with Crippen molar-refractivity contribution in [2.75, 3.05) is 19.1 Å². The SMILES string of the molecule is CSCCC(NC(=O)c1cccc(C)c1)C(=O)N(C)Cc1ccc(C)o1. The van der Waals surface area contributed by atoms with Crippen LogP contribution >= 0.6 is 11.8 Å². The molecule has 2 amide bonds. The summed E-state index contributed by atoms with van der Waals surface area (Å²) in [6.07, 6.45) is 2.57. The van der Waals surface area contributed by atoms with Gasteiger partial charge in [0.15, 0.2) is 0 Å². The minimum atomic E-state index is -0.559. The van der Waals surface area contributed by atoms with Crippen molar-refractivity contribution in [3.05, 3.63) is 59.0 Å². The molecule has 0 spiro atoms. The van der Waals surface area contributed by atoms with Gasteiger partial charge in [-0.15, -0.1) is 0 Å². The molecular formula is C20H26N2O3S. The van der Waals surface area contributed by atoms with E-state index in [9.17, 15) is 9.59 Å². The van der Waals surface area contributed by atoms with Crippen molar-refractivity contribution in [2.45, 2.75) is 32.9 Å². The molecule has 1 aromatic carbocycles. The predicted octanol–water partition coefficient (Wildman–Crippen LogP) is 3.41. The number of hydrogen-bond acceptors (Lipinski definition) is 4. The van der Waals surface area contributed by atoms with Crippen LogP contribution in [0.5, 0.6) is 0 Å². The Morgan fingerprint density at radius 2 is 2.00 bits per heavy atom. The van der Waals surface area contributed by atoms with Gasteiger partial charge in [0.05, 0.1) is 6.54 Å². The number of carbonyl (C=O) groups excluding carboxylic acids is 2. The molecule has 140 valence electrons. The second-order valence-electron chi connectivity index (χ2n) is 6.38. The molecule has 0 bridgehead atoms. The quantitative estimate of drug-likeness (QED) is 0.769. The van der Waals surface area contributed by atoms with Crippen LogP contribution in [-0.4, -0.2) is 41.8 Å². The summed E-state index contributed by atoms with van der Waals surface area (Å²) in [5.41, 5.74) is 1.58. The molecule has 0 fully saturated rings. The number of thioether (sulfide) groups is 1. The van der Waals surface area contributed by atoms with Crippen molar-refractivity contribution in [1.29, 1.82) is 0 Å². The first-order chi connectivity index (χ1) is 12.4.